The Kier molecular flexibility index (Phi) is 5.76. The topological polar surface area (TPSA) is 28.2 Å². The first-order chi connectivity index (χ1) is 10.1. The number of nitrogens with zero attached hydrogens (tertiary/aromatic N) is 2. The summed E-state index contributed by atoms with van der Waals surface area (Å²) in [7, 11) is 2.09. The summed E-state index contributed by atoms with van der Waals surface area (Å²) in [4.78, 5) is 6.77. The maximum Gasteiger partial charge on any atom is 0.133 e. The highest BCUT2D eigenvalue weighted by Gasteiger charge is 2.14. The molecule has 0 aliphatic rings. The van der Waals surface area contributed by atoms with Crippen LogP contribution in [0.15, 0.2) is 47.1 Å². The molecular weight excluding hydrogens is 326 g/mol. The third-order valence-corrected chi connectivity index (χ3v) is 3.96. The molecule has 0 fully saturated rings. The second-order valence-corrected chi connectivity index (χ2v) is 6.10. The van der Waals surface area contributed by atoms with E-state index in [0.29, 0.717) is 6.04 Å². The van der Waals surface area contributed by atoms with E-state index < -0.39 is 0 Å². The van der Waals surface area contributed by atoms with E-state index in [9.17, 15) is 0 Å². The number of halogens is 1. The Morgan fingerprint density at radius 2 is 2.10 bits per heavy atom. The van der Waals surface area contributed by atoms with Crippen LogP contribution in [-0.2, 0) is 6.54 Å². The molecule has 1 unspecified atom stereocenters. The van der Waals surface area contributed by atoms with Crippen molar-refractivity contribution in [1.29, 1.82) is 0 Å². The predicted octanol–water partition coefficient (Wildman–Crippen LogP) is 4.15. The Bertz CT molecular complexity index is 586. The maximum absolute atomic E-state index is 4.57. The van der Waals surface area contributed by atoms with Crippen LogP contribution in [-0.4, -0.2) is 18.6 Å². The molecule has 0 radical (unpaired) electrons. The van der Waals surface area contributed by atoms with Crippen molar-refractivity contribution < 1.29 is 0 Å². The minimum atomic E-state index is 0.295. The SMILES string of the molecule is CCNC(C)c1cccnc1N(C)Cc1cccc(Br)c1. The van der Waals surface area contributed by atoms with Crippen LogP contribution in [0, 0.1) is 0 Å². The second kappa shape index (κ2) is 7.57. The lowest BCUT2D eigenvalue weighted by Crippen LogP contribution is -2.24. The van der Waals surface area contributed by atoms with E-state index in [1.54, 1.807) is 0 Å². The van der Waals surface area contributed by atoms with E-state index >= 15 is 0 Å². The van der Waals surface area contributed by atoms with Crippen molar-refractivity contribution in [3.8, 4) is 0 Å². The highest BCUT2D eigenvalue weighted by Crippen LogP contribution is 2.24. The van der Waals surface area contributed by atoms with Gasteiger partial charge in [0.05, 0.1) is 0 Å². The normalized spacial score (nSPS) is 12.2. The largest absolute Gasteiger partial charge is 0.355 e. The van der Waals surface area contributed by atoms with Gasteiger partial charge in [0.1, 0.15) is 5.82 Å². The Hall–Kier alpha value is -1.39. The number of hydrogen-bond acceptors (Lipinski definition) is 3. The first-order valence-electron chi connectivity index (χ1n) is 7.25. The van der Waals surface area contributed by atoms with Crippen LogP contribution in [0.4, 0.5) is 5.82 Å². The molecule has 0 aliphatic heterocycles. The molecule has 0 spiro atoms. The number of anilines is 1. The molecule has 0 amide bonds. The third kappa shape index (κ3) is 4.29. The zero-order chi connectivity index (χ0) is 15.2. The smallest absolute Gasteiger partial charge is 0.133 e. The molecule has 2 rings (SSSR count). The Labute approximate surface area is 135 Å². The van der Waals surface area contributed by atoms with Crippen LogP contribution in [0.1, 0.15) is 31.0 Å². The summed E-state index contributed by atoms with van der Waals surface area (Å²) in [5.74, 6) is 1.03. The Morgan fingerprint density at radius 3 is 2.81 bits per heavy atom. The van der Waals surface area contributed by atoms with E-state index in [4.69, 9.17) is 0 Å². The van der Waals surface area contributed by atoms with E-state index in [1.807, 2.05) is 18.3 Å². The fourth-order valence-electron chi connectivity index (χ4n) is 2.47. The van der Waals surface area contributed by atoms with Crippen molar-refractivity contribution in [1.82, 2.24) is 10.3 Å². The molecular formula is C17H22BrN3. The van der Waals surface area contributed by atoms with Gasteiger partial charge in [0, 0.05) is 35.9 Å². The standard InChI is InChI=1S/C17H22BrN3/c1-4-19-13(2)16-9-6-10-20-17(16)21(3)12-14-7-5-8-15(18)11-14/h5-11,13,19H,4,12H2,1-3H3. The molecule has 0 aliphatic carbocycles. The molecule has 2 aromatic rings. The van der Waals surface area contributed by atoms with Crippen LogP contribution >= 0.6 is 15.9 Å². The lowest BCUT2D eigenvalue weighted by Gasteiger charge is -2.24. The minimum Gasteiger partial charge on any atom is -0.355 e. The zero-order valence-corrected chi connectivity index (χ0v) is 14.4. The van der Waals surface area contributed by atoms with Crippen LogP contribution in [0.2, 0.25) is 0 Å². The van der Waals surface area contributed by atoms with Gasteiger partial charge in [-0.25, -0.2) is 4.98 Å². The van der Waals surface area contributed by atoms with Gasteiger partial charge in [0.15, 0.2) is 0 Å². The van der Waals surface area contributed by atoms with E-state index in [0.717, 1.165) is 23.4 Å². The summed E-state index contributed by atoms with van der Waals surface area (Å²) in [6.07, 6.45) is 1.86. The van der Waals surface area contributed by atoms with Crippen molar-refractivity contribution in [3.63, 3.8) is 0 Å². The molecule has 1 aromatic carbocycles. The van der Waals surface area contributed by atoms with E-state index in [2.05, 4.69) is 76.3 Å². The minimum absolute atomic E-state index is 0.295. The molecule has 1 heterocycles. The predicted molar refractivity (Wildman–Crippen MR) is 92.6 cm³/mol. The van der Waals surface area contributed by atoms with Gasteiger partial charge in [-0.05, 0) is 37.2 Å². The fourth-order valence-corrected chi connectivity index (χ4v) is 2.91. The molecule has 0 saturated heterocycles. The molecule has 0 saturated carbocycles. The summed E-state index contributed by atoms with van der Waals surface area (Å²) in [6.45, 7) is 6.09. The molecule has 21 heavy (non-hydrogen) atoms. The van der Waals surface area contributed by atoms with Crippen molar-refractivity contribution in [2.45, 2.75) is 26.4 Å². The highest BCUT2D eigenvalue weighted by molar-refractivity contribution is 9.10. The van der Waals surface area contributed by atoms with Crippen LogP contribution < -0.4 is 10.2 Å². The van der Waals surface area contributed by atoms with Crippen LogP contribution in [0.25, 0.3) is 0 Å². The van der Waals surface area contributed by atoms with Gasteiger partial charge in [0.2, 0.25) is 0 Å². The van der Waals surface area contributed by atoms with Crippen molar-refractivity contribution in [3.05, 3.63) is 58.2 Å². The number of aromatic nitrogens is 1. The summed E-state index contributed by atoms with van der Waals surface area (Å²) in [5, 5.41) is 3.46. The van der Waals surface area contributed by atoms with Crippen LogP contribution in [0.3, 0.4) is 0 Å². The van der Waals surface area contributed by atoms with E-state index in [1.165, 1.54) is 11.1 Å². The van der Waals surface area contributed by atoms with Gasteiger partial charge < -0.3 is 10.2 Å². The molecule has 1 aromatic heterocycles. The van der Waals surface area contributed by atoms with Gasteiger partial charge in [0.25, 0.3) is 0 Å². The lowest BCUT2D eigenvalue weighted by molar-refractivity contribution is 0.594. The number of pyridine rings is 1. The molecule has 4 heteroatoms. The second-order valence-electron chi connectivity index (χ2n) is 5.18. The first kappa shape index (κ1) is 16.0. The monoisotopic (exact) mass is 347 g/mol. The first-order valence-corrected chi connectivity index (χ1v) is 8.05. The Morgan fingerprint density at radius 1 is 1.29 bits per heavy atom. The highest BCUT2D eigenvalue weighted by atomic mass is 79.9. The van der Waals surface area contributed by atoms with Crippen LogP contribution in [0.5, 0.6) is 0 Å². The molecule has 1 atom stereocenters. The molecule has 112 valence electrons. The van der Waals surface area contributed by atoms with Crippen molar-refractivity contribution in [2.75, 3.05) is 18.5 Å². The molecule has 0 bridgehead atoms. The number of hydrogen-bond donors (Lipinski definition) is 1. The summed E-state index contributed by atoms with van der Waals surface area (Å²) in [6, 6.07) is 12.8. The number of benzene rings is 1. The third-order valence-electron chi connectivity index (χ3n) is 3.46. The quantitative estimate of drug-likeness (QED) is 0.850. The van der Waals surface area contributed by atoms with Gasteiger partial charge in [-0.15, -0.1) is 0 Å². The molecule has 3 nitrogen and oxygen atoms in total. The number of rotatable bonds is 6. The lowest BCUT2D eigenvalue weighted by atomic mass is 10.1. The van der Waals surface area contributed by atoms with Gasteiger partial charge in [-0.1, -0.05) is 41.1 Å². The maximum atomic E-state index is 4.57. The van der Waals surface area contributed by atoms with Gasteiger partial charge in [-0.2, -0.15) is 0 Å². The van der Waals surface area contributed by atoms with Crippen molar-refractivity contribution >= 4 is 21.7 Å². The zero-order valence-electron chi connectivity index (χ0n) is 12.8. The van der Waals surface area contributed by atoms with E-state index in [-0.39, 0.29) is 0 Å². The number of nitrogens with one attached hydrogen (secondary N) is 1. The average molecular weight is 348 g/mol. The average Bonchev–Trinajstić information content (AvgIpc) is 2.47. The summed E-state index contributed by atoms with van der Waals surface area (Å²) in [5.41, 5.74) is 2.50. The Balaban J connectivity index is 2.21. The van der Waals surface area contributed by atoms with Gasteiger partial charge >= 0.3 is 0 Å². The summed E-state index contributed by atoms with van der Waals surface area (Å²) < 4.78 is 1.11. The van der Waals surface area contributed by atoms with Gasteiger partial charge in [-0.3, -0.25) is 0 Å². The van der Waals surface area contributed by atoms with Crippen molar-refractivity contribution in [2.24, 2.45) is 0 Å². The molecule has 1 N–H and O–H groups in total. The summed E-state index contributed by atoms with van der Waals surface area (Å²) >= 11 is 3.52. The fraction of sp³-hybridized carbons (Fsp3) is 0.353.